The van der Waals surface area contributed by atoms with E-state index in [1.54, 1.807) is 0 Å². The van der Waals surface area contributed by atoms with E-state index in [2.05, 4.69) is 18.0 Å². The lowest BCUT2D eigenvalue weighted by atomic mass is 9.82. The molecule has 0 N–H and O–H groups in total. The molecule has 0 amide bonds. The molecular formula is C19H19NO2. The number of hydrogen-bond acceptors (Lipinski definition) is 3. The predicted molar refractivity (Wildman–Crippen MR) is 86.8 cm³/mol. The van der Waals surface area contributed by atoms with Gasteiger partial charge < -0.3 is 4.74 Å². The molecule has 2 aromatic rings. The maximum Gasteiger partial charge on any atom is 0.337 e. The number of nitrogens with zero attached hydrogens (tertiary/aromatic N) is 1. The Morgan fingerprint density at radius 2 is 1.95 bits per heavy atom. The van der Waals surface area contributed by atoms with Crippen molar-refractivity contribution in [1.82, 2.24) is 4.98 Å². The van der Waals surface area contributed by atoms with Crippen molar-refractivity contribution in [2.45, 2.75) is 26.7 Å². The fraction of sp³-hybridized carbons (Fsp3) is 0.263. The SMILES string of the molecule is COC(=O)c1ccc2c(c1)C(c1ccc(C)nc1)=C(C)CC2. The Bertz CT molecular complexity index is 758. The van der Waals surface area contributed by atoms with Crippen molar-refractivity contribution < 1.29 is 9.53 Å². The Morgan fingerprint density at radius 3 is 2.64 bits per heavy atom. The van der Waals surface area contributed by atoms with Gasteiger partial charge in [-0.2, -0.15) is 0 Å². The van der Waals surface area contributed by atoms with Crippen LogP contribution in [0.1, 0.15) is 46.1 Å². The normalized spacial score (nSPS) is 13.8. The lowest BCUT2D eigenvalue weighted by Crippen LogP contribution is -2.08. The summed E-state index contributed by atoms with van der Waals surface area (Å²) in [6.07, 6.45) is 3.95. The van der Waals surface area contributed by atoms with Gasteiger partial charge in [0, 0.05) is 17.5 Å². The van der Waals surface area contributed by atoms with Crippen LogP contribution in [0.4, 0.5) is 0 Å². The summed E-state index contributed by atoms with van der Waals surface area (Å²) in [6.45, 7) is 4.14. The highest BCUT2D eigenvalue weighted by atomic mass is 16.5. The summed E-state index contributed by atoms with van der Waals surface area (Å²) in [5.41, 5.74) is 7.62. The molecule has 0 radical (unpaired) electrons. The Hall–Kier alpha value is -2.42. The van der Waals surface area contributed by atoms with Crippen molar-refractivity contribution >= 4 is 11.5 Å². The number of benzene rings is 1. The van der Waals surface area contributed by atoms with Crippen LogP contribution in [0.2, 0.25) is 0 Å². The highest BCUT2D eigenvalue weighted by molar-refractivity contribution is 5.93. The third-order valence-electron chi connectivity index (χ3n) is 4.20. The van der Waals surface area contributed by atoms with Crippen molar-refractivity contribution in [3.63, 3.8) is 0 Å². The number of methoxy groups -OCH3 is 1. The van der Waals surface area contributed by atoms with Crippen LogP contribution in [0.5, 0.6) is 0 Å². The number of allylic oxidation sites excluding steroid dienone is 1. The molecule has 1 aromatic heterocycles. The van der Waals surface area contributed by atoms with E-state index < -0.39 is 0 Å². The second-order valence-corrected chi connectivity index (χ2v) is 5.71. The van der Waals surface area contributed by atoms with E-state index in [0.29, 0.717) is 5.56 Å². The van der Waals surface area contributed by atoms with Gasteiger partial charge in [0.25, 0.3) is 0 Å². The number of aryl methyl sites for hydroxylation is 2. The molecule has 0 aliphatic heterocycles. The van der Waals surface area contributed by atoms with E-state index in [4.69, 9.17) is 4.74 Å². The van der Waals surface area contributed by atoms with Crippen LogP contribution >= 0.6 is 0 Å². The molecule has 22 heavy (non-hydrogen) atoms. The maximum atomic E-state index is 11.8. The highest BCUT2D eigenvalue weighted by Crippen LogP contribution is 2.36. The minimum atomic E-state index is -0.299. The number of aromatic nitrogens is 1. The summed E-state index contributed by atoms with van der Waals surface area (Å²) in [6, 6.07) is 9.94. The van der Waals surface area contributed by atoms with Gasteiger partial charge in [-0.15, -0.1) is 0 Å². The van der Waals surface area contributed by atoms with Gasteiger partial charge in [-0.25, -0.2) is 4.79 Å². The molecule has 0 unspecified atom stereocenters. The lowest BCUT2D eigenvalue weighted by molar-refractivity contribution is 0.0600. The number of hydrogen-bond donors (Lipinski definition) is 0. The Kier molecular flexibility index (Phi) is 3.80. The van der Waals surface area contributed by atoms with Crippen LogP contribution in [0.25, 0.3) is 5.57 Å². The minimum Gasteiger partial charge on any atom is -0.465 e. The highest BCUT2D eigenvalue weighted by Gasteiger charge is 2.20. The third kappa shape index (κ3) is 2.54. The molecule has 0 saturated heterocycles. The largest absolute Gasteiger partial charge is 0.465 e. The van der Waals surface area contributed by atoms with Crippen LogP contribution in [0.15, 0.2) is 42.1 Å². The van der Waals surface area contributed by atoms with Crippen LogP contribution in [-0.4, -0.2) is 18.1 Å². The summed E-state index contributed by atoms with van der Waals surface area (Å²) >= 11 is 0. The molecule has 3 rings (SSSR count). The molecule has 1 heterocycles. The summed E-state index contributed by atoms with van der Waals surface area (Å²) < 4.78 is 4.84. The average Bonchev–Trinajstić information content (AvgIpc) is 2.54. The molecule has 1 aromatic carbocycles. The van der Waals surface area contributed by atoms with E-state index in [1.165, 1.54) is 23.8 Å². The first-order valence-electron chi connectivity index (χ1n) is 7.44. The molecule has 0 saturated carbocycles. The van der Waals surface area contributed by atoms with Gasteiger partial charge in [0.1, 0.15) is 0 Å². The number of carbonyl (C=O) groups excluding carboxylic acids is 1. The van der Waals surface area contributed by atoms with Gasteiger partial charge in [0.15, 0.2) is 0 Å². The van der Waals surface area contributed by atoms with Gasteiger partial charge in [-0.3, -0.25) is 4.98 Å². The first-order valence-corrected chi connectivity index (χ1v) is 7.44. The van der Waals surface area contributed by atoms with Crippen LogP contribution in [0, 0.1) is 6.92 Å². The number of pyridine rings is 1. The van der Waals surface area contributed by atoms with Crippen LogP contribution < -0.4 is 0 Å². The van der Waals surface area contributed by atoms with Gasteiger partial charge in [-0.05, 0) is 61.6 Å². The Labute approximate surface area is 130 Å². The predicted octanol–water partition coefficient (Wildman–Crippen LogP) is 3.94. The standard InChI is InChI=1S/C19H19NO2/c1-12-4-6-14-8-9-15(19(21)22-3)10-17(14)18(12)16-7-5-13(2)20-11-16/h5,7-11H,4,6H2,1-3H3. The summed E-state index contributed by atoms with van der Waals surface area (Å²) in [5, 5.41) is 0. The number of rotatable bonds is 2. The molecule has 0 bridgehead atoms. The Morgan fingerprint density at radius 1 is 1.14 bits per heavy atom. The number of fused-ring (bicyclic) bond motifs is 1. The quantitative estimate of drug-likeness (QED) is 0.787. The zero-order chi connectivity index (χ0) is 15.7. The van der Waals surface area contributed by atoms with E-state index in [-0.39, 0.29) is 5.97 Å². The fourth-order valence-electron chi connectivity index (χ4n) is 2.97. The van der Waals surface area contributed by atoms with Gasteiger partial charge in [0.2, 0.25) is 0 Å². The molecular weight excluding hydrogens is 274 g/mol. The van der Waals surface area contributed by atoms with Crippen molar-refractivity contribution in [2.75, 3.05) is 7.11 Å². The van der Waals surface area contributed by atoms with E-state index in [1.807, 2.05) is 37.4 Å². The molecule has 0 atom stereocenters. The first kappa shape index (κ1) is 14.5. The van der Waals surface area contributed by atoms with E-state index in [0.717, 1.165) is 29.7 Å². The first-order chi connectivity index (χ1) is 10.6. The van der Waals surface area contributed by atoms with Crippen molar-refractivity contribution in [3.8, 4) is 0 Å². The second kappa shape index (κ2) is 5.76. The van der Waals surface area contributed by atoms with Gasteiger partial charge in [0.05, 0.1) is 12.7 Å². The third-order valence-corrected chi connectivity index (χ3v) is 4.20. The zero-order valence-corrected chi connectivity index (χ0v) is 13.1. The van der Waals surface area contributed by atoms with Gasteiger partial charge in [-0.1, -0.05) is 17.7 Å². The monoisotopic (exact) mass is 293 g/mol. The molecule has 0 spiro atoms. The molecule has 0 fully saturated rings. The van der Waals surface area contributed by atoms with Crippen molar-refractivity contribution in [1.29, 1.82) is 0 Å². The smallest absolute Gasteiger partial charge is 0.337 e. The molecule has 3 nitrogen and oxygen atoms in total. The topological polar surface area (TPSA) is 39.2 Å². The number of ether oxygens (including phenoxy) is 1. The second-order valence-electron chi connectivity index (χ2n) is 5.71. The summed E-state index contributed by atoms with van der Waals surface area (Å²) in [5.74, 6) is -0.299. The lowest BCUT2D eigenvalue weighted by Gasteiger charge is -2.22. The molecule has 1 aliphatic rings. The number of esters is 1. The van der Waals surface area contributed by atoms with E-state index >= 15 is 0 Å². The summed E-state index contributed by atoms with van der Waals surface area (Å²) in [7, 11) is 1.41. The van der Waals surface area contributed by atoms with E-state index in [9.17, 15) is 4.79 Å². The fourth-order valence-corrected chi connectivity index (χ4v) is 2.97. The maximum absolute atomic E-state index is 11.8. The average molecular weight is 293 g/mol. The zero-order valence-electron chi connectivity index (χ0n) is 13.1. The molecule has 3 heteroatoms. The van der Waals surface area contributed by atoms with Crippen LogP contribution in [-0.2, 0) is 11.2 Å². The summed E-state index contributed by atoms with van der Waals surface area (Å²) in [4.78, 5) is 16.2. The Balaban J connectivity index is 2.15. The van der Waals surface area contributed by atoms with Gasteiger partial charge >= 0.3 is 5.97 Å². The van der Waals surface area contributed by atoms with Crippen molar-refractivity contribution in [3.05, 3.63) is 70.0 Å². The minimum absolute atomic E-state index is 0.299. The van der Waals surface area contributed by atoms with Crippen molar-refractivity contribution in [2.24, 2.45) is 0 Å². The molecule has 1 aliphatic carbocycles. The van der Waals surface area contributed by atoms with Crippen LogP contribution in [0.3, 0.4) is 0 Å². The number of carbonyl (C=O) groups is 1. The molecule has 112 valence electrons.